The summed E-state index contributed by atoms with van der Waals surface area (Å²) in [6, 6.07) is 7.94. The van der Waals surface area contributed by atoms with E-state index in [-0.39, 0.29) is 0 Å². The Labute approximate surface area is 122 Å². The van der Waals surface area contributed by atoms with E-state index in [9.17, 15) is 5.11 Å². The van der Waals surface area contributed by atoms with Crippen molar-refractivity contribution < 1.29 is 14.3 Å². The van der Waals surface area contributed by atoms with Gasteiger partial charge in [-0.1, -0.05) is 25.0 Å². The zero-order valence-electron chi connectivity index (χ0n) is 13.2. The van der Waals surface area contributed by atoms with Crippen LogP contribution in [0.3, 0.4) is 0 Å². The number of benzene rings is 1. The Morgan fingerprint density at radius 3 is 2.70 bits per heavy atom. The highest BCUT2D eigenvalue weighted by Gasteiger charge is 2.43. The standard InChI is InChI=1S/C17H28NO2/c1-18(2,3)13-15-8-5-6-11-17(15,19)14-9-7-10-16(12-14)20-4/h7,9-10,12,15,19H,5-6,8,11,13H2,1-4H3/q+1/t15-,17+/m0/s1. The van der Waals surface area contributed by atoms with Crippen molar-refractivity contribution in [1.82, 2.24) is 0 Å². The van der Waals surface area contributed by atoms with Gasteiger partial charge in [-0.15, -0.1) is 0 Å². The summed E-state index contributed by atoms with van der Waals surface area (Å²) in [4.78, 5) is 0. The molecule has 0 radical (unpaired) electrons. The van der Waals surface area contributed by atoms with Crippen LogP contribution >= 0.6 is 0 Å². The molecule has 112 valence electrons. The van der Waals surface area contributed by atoms with Crippen molar-refractivity contribution in [2.45, 2.75) is 31.3 Å². The van der Waals surface area contributed by atoms with Gasteiger partial charge in [-0.25, -0.2) is 0 Å². The molecule has 1 aromatic carbocycles. The van der Waals surface area contributed by atoms with Crippen LogP contribution in [0.25, 0.3) is 0 Å². The van der Waals surface area contributed by atoms with E-state index >= 15 is 0 Å². The molecular formula is C17H28NO2+. The zero-order chi connectivity index (χ0) is 14.8. The van der Waals surface area contributed by atoms with Gasteiger partial charge in [0.25, 0.3) is 0 Å². The van der Waals surface area contributed by atoms with Crippen LogP contribution < -0.4 is 4.74 Å². The molecule has 1 aliphatic rings. The van der Waals surface area contributed by atoms with Gasteiger partial charge >= 0.3 is 0 Å². The average molecular weight is 278 g/mol. The first-order valence-corrected chi connectivity index (χ1v) is 7.52. The minimum Gasteiger partial charge on any atom is -0.497 e. The molecule has 0 aliphatic heterocycles. The number of rotatable bonds is 4. The van der Waals surface area contributed by atoms with Crippen LogP contribution in [0.15, 0.2) is 24.3 Å². The molecule has 3 nitrogen and oxygen atoms in total. The summed E-state index contributed by atoms with van der Waals surface area (Å²) in [5.74, 6) is 1.13. The van der Waals surface area contributed by atoms with Crippen LogP contribution in [-0.2, 0) is 5.60 Å². The molecule has 1 saturated carbocycles. The second-order valence-electron chi connectivity index (χ2n) is 7.07. The lowest BCUT2D eigenvalue weighted by Crippen LogP contribution is -2.48. The second-order valence-corrected chi connectivity index (χ2v) is 7.07. The number of nitrogens with zero attached hydrogens (tertiary/aromatic N) is 1. The third kappa shape index (κ3) is 3.33. The van der Waals surface area contributed by atoms with Crippen LogP contribution in [0, 0.1) is 5.92 Å². The molecule has 0 saturated heterocycles. The number of quaternary nitrogens is 1. The van der Waals surface area contributed by atoms with Crippen molar-refractivity contribution in [2.75, 3.05) is 34.8 Å². The van der Waals surface area contributed by atoms with Gasteiger partial charge in [-0.3, -0.25) is 0 Å². The molecule has 1 aromatic rings. The Morgan fingerprint density at radius 2 is 2.05 bits per heavy atom. The monoisotopic (exact) mass is 278 g/mol. The van der Waals surface area contributed by atoms with E-state index in [0.29, 0.717) is 5.92 Å². The van der Waals surface area contributed by atoms with Gasteiger partial charge in [-0.2, -0.15) is 0 Å². The zero-order valence-corrected chi connectivity index (χ0v) is 13.2. The maximum Gasteiger partial charge on any atom is 0.119 e. The van der Waals surface area contributed by atoms with Gasteiger partial charge in [0.1, 0.15) is 5.75 Å². The van der Waals surface area contributed by atoms with Gasteiger partial charge < -0.3 is 14.3 Å². The smallest absolute Gasteiger partial charge is 0.119 e. The van der Waals surface area contributed by atoms with Crippen LogP contribution in [-0.4, -0.2) is 44.4 Å². The van der Waals surface area contributed by atoms with Gasteiger partial charge in [0.05, 0.1) is 40.4 Å². The molecule has 3 heteroatoms. The molecule has 2 rings (SSSR count). The largest absolute Gasteiger partial charge is 0.497 e. The topological polar surface area (TPSA) is 29.5 Å². The van der Waals surface area contributed by atoms with Crippen molar-refractivity contribution in [3.63, 3.8) is 0 Å². The predicted molar refractivity (Wildman–Crippen MR) is 81.7 cm³/mol. The van der Waals surface area contributed by atoms with Gasteiger partial charge in [0.2, 0.25) is 0 Å². The highest BCUT2D eigenvalue weighted by molar-refractivity contribution is 5.33. The summed E-state index contributed by atoms with van der Waals surface area (Å²) in [5, 5.41) is 11.3. The van der Waals surface area contributed by atoms with E-state index in [1.165, 1.54) is 6.42 Å². The second kappa shape index (κ2) is 5.74. The van der Waals surface area contributed by atoms with Crippen LogP contribution in [0.5, 0.6) is 5.75 Å². The fraction of sp³-hybridized carbons (Fsp3) is 0.647. The third-order valence-corrected chi connectivity index (χ3v) is 4.37. The Morgan fingerprint density at radius 1 is 1.30 bits per heavy atom. The van der Waals surface area contributed by atoms with E-state index in [0.717, 1.165) is 41.6 Å². The molecule has 0 bridgehead atoms. The lowest BCUT2D eigenvalue weighted by molar-refractivity contribution is -0.875. The van der Waals surface area contributed by atoms with Crippen LogP contribution in [0.1, 0.15) is 31.2 Å². The highest BCUT2D eigenvalue weighted by atomic mass is 16.5. The Bertz CT molecular complexity index is 453. The summed E-state index contributed by atoms with van der Waals surface area (Å²) in [5.41, 5.74) is 0.299. The van der Waals surface area contributed by atoms with Crippen molar-refractivity contribution >= 4 is 0 Å². The first kappa shape index (κ1) is 15.3. The summed E-state index contributed by atoms with van der Waals surface area (Å²) >= 11 is 0. The van der Waals surface area contributed by atoms with E-state index in [4.69, 9.17) is 4.74 Å². The lowest BCUT2D eigenvalue weighted by Gasteiger charge is -2.43. The van der Waals surface area contributed by atoms with Gasteiger partial charge in [0, 0.05) is 5.92 Å². The molecule has 2 atom stereocenters. The van der Waals surface area contributed by atoms with E-state index < -0.39 is 5.60 Å². The lowest BCUT2D eigenvalue weighted by atomic mass is 9.71. The Hall–Kier alpha value is -1.06. The normalized spacial score (nSPS) is 27.4. The minimum atomic E-state index is -0.710. The number of methoxy groups -OCH3 is 1. The number of hydrogen-bond donors (Lipinski definition) is 1. The number of aliphatic hydroxyl groups is 1. The molecule has 0 unspecified atom stereocenters. The van der Waals surface area contributed by atoms with Crippen LogP contribution in [0.4, 0.5) is 0 Å². The first-order chi connectivity index (χ1) is 9.35. The molecule has 1 N–H and O–H groups in total. The Kier molecular flexibility index (Phi) is 4.40. The van der Waals surface area contributed by atoms with Gasteiger partial charge in [0.15, 0.2) is 0 Å². The average Bonchev–Trinajstić information content (AvgIpc) is 2.40. The molecule has 1 aliphatic carbocycles. The molecule has 1 fully saturated rings. The van der Waals surface area contributed by atoms with Gasteiger partial charge in [-0.05, 0) is 30.5 Å². The summed E-state index contributed by atoms with van der Waals surface area (Å²) < 4.78 is 6.20. The summed E-state index contributed by atoms with van der Waals surface area (Å²) in [6.45, 7) is 0.994. The number of hydrogen-bond acceptors (Lipinski definition) is 2. The number of ether oxygens (including phenoxy) is 1. The molecule has 0 aromatic heterocycles. The molecule has 0 amide bonds. The fourth-order valence-electron chi connectivity index (χ4n) is 3.40. The van der Waals surface area contributed by atoms with E-state index in [1.807, 2.05) is 24.3 Å². The predicted octanol–water partition coefficient (Wildman–Crippen LogP) is 2.78. The minimum absolute atomic E-state index is 0.309. The summed E-state index contributed by atoms with van der Waals surface area (Å²) in [6.07, 6.45) is 4.27. The first-order valence-electron chi connectivity index (χ1n) is 7.52. The Balaban J connectivity index is 2.32. The van der Waals surface area contributed by atoms with Crippen molar-refractivity contribution in [3.8, 4) is 5.75 Å². The van der Waals surface area contributed by atoms with E-state index in [2.05, 4.69) is 21.1 Å². The maximum absolute atomic E-state index is 11.3. The van der Waals surface area contributed by atoms with Crippen LogP contribution in [0.2, 0.25) is 0 Å². The molecule has 0 heterocycles. The molecular weight excluding hydrogens is 250 g/mol. The van der Waals surface area contributed by atoms with Crippen molar-refractivity contribution in [3.05, 3.63) is 29.8 Å². The molecule has 0 spiro atoms. The van der Waals surface area contributed by atoms with Crippen molar-refractivity contribution in [1.29, 1.82) is 0 Å². The van der Waals surface area contributed by atoms with Crippen molar-refractivity contribution in [2.24, 2.45) is 5.92 Å². The quantitative estimate of drug-likeness (QED) is 0.858. The fourth-order valence-corrected chi connectivity index (χ4v) is 3.40. The SMILES string of the molecule is COc1cccc([C@]2(O)CCCC[C@H]2C[N+](C)(C)C)c1. The van der Waals surface area contributed by atoms with E-state index in [1.54, 1.807) is 7.11 Å². The highest BCUT2D eigenvalue weighted by Crippen LogP contribution is 2.43. The summed E-state index contributed by atoms with van der Waals surface area (Å²) in [7, 11) is 8.26. The maximum atomic E-state index is 11.3. The third-order valence-electron chi connectivity index (χ3n) is 4.37. The molecule has 20 heavy (non-hydrogen) atoms.